The van der Waals surface area contributed by atoms with Gasteiger partial charge in [-0.05, 0) is 12.5 Å². The Morgan fingerprint density at radius 1 is 0.322 bits per heavy atom. The molecule has 0 unspecified atom stereocenters. The van der Waals surface area contributed by atoms with Gasteiger partial charge in [-0.25, -0.2) is 92.4 Å². The number of aryl methyl sites for hydroxylation is 1. The van der Waals surface area contributed by atoms with E-state index in [4.69, 9.17) is 0 Å². The molecule has 5 aromatic carbocycles. The van der Waals surface area contributed by atoms with E-state index in [0.29, 0.717) is 0 Å². The van der Waals surface area contributed by atoms with Crippen LogP contribution < -0.4 is 26.4 Å². The van der Waals surface area contributed by atoms with Gasteiger partial charge in [-0.2, -0.15) is 0 Å². The molecule has 310 valence electrons. The summed E-state index contributed by atoms with van der Waals surface area (Å²) in [6, 6.07) is 14.7. The van der Waals surface area contributed by atoms with Crippen LogP contribution in [0.4, 0.5) is 87.8 Å². The molecule has 0 fully saturated rings. The first kappa shape index (κ1) is 44.0. The molecule has 0 bridgehead atoms. The van der Waals surface area contributed by atoms with Gasteiger partial charge in [0.2, 0.25) is 0 Å². The first-order chi connectivity index (χ1) is 27.5. The van der Waals surface area contributed by atoms with Gasteiger partial charge in [0, 0.05) is 17.7 Å². The van der Waals surface area contributed by atoms with Crippen LogP contribution in [0, 0.1) is 123 Å². The molecular formula is C37H14BF20N. The maximum Gasteiger partial charge on any atom is 0.200 e. The van der Waals surface area contributed by atoms with Gasteiger partial charge in [0.15, 0.2) is 88.7 Å². The lowest BCUT2D eigenvalue weighted by atomic mass is 9.12. The topological polar surface area (TPSA) is 3.88 Å². The fraction of sp³-hybridized carbons (Fsp3) is 0.0541. The third-order valence-electron chi connectivity index (χ3n) is 8.97. The molecule has 6 rings (SSSR count). The lowest BCUT2D eigenvalue weighted by molar-refractivity contribution is -0.688. The Bertz CT molecular complexity index is 2250. The SMILES string of the molecule is Cc1cc[n+](Cc2ccccc2)cc1.Fc1c(F)c(F)c([B-](c2c(F)c(F)c(F)c(F)c2F)(c2c(F)c(F)c(F)c(F)c2F)c2c(F)c(F)c(F)c(F)c2F)c(F)c1F. The highest BCUT2D eigenvalue weighted by atomic mass is 19.2. The van der Waals surface area contributed by atoms with Crippen LogP contribution in [0.15, 0.2) is 54.9 Å². The van der Waals surface area contributed by atoms with Gasteiger partial charge >= 0.3 is 0 Å². The second-order valence-electron chi connectivity index (χ2n) is 12.3. The van der Waals surface area contributed by atoms with Crippen molar-refractivity contribution in [2.75, 3.05) is 0 Å². The molecule has 0 saturated heterocycles. The average molecular weight is 863 g/mol. The summed E-state index contributed by atoms with van der Waals surface area (Å²) < 4.78 is 296. The highest BCUT2D eigenvalue weighted by Crippen LogP contribution is 2.30. The molecule has 0 saturated carbocycles. The van der Waals surface area contributed by atoms with Crippen molar-refractivity contribution in [1.29, 1.82) is 0 Å². The van der Waals surface area contributed by atoms with Gasteiger partial charge in [-0.15, -0.1) is 21.9 Å². The molecule has 1 nitrogen and oxygen atoms in total. The van der Waals surface area contributed by atoms with E-state index >= 15 is 35.1 Å². The summed E-state index contributed by atoms with van der Waals surface area (Å²) in [6.07, 6.45) is -2.99. The minimum absolute atomic E-state index is 0.946. The van der Waals surface area contributed by atoms with E-state index < -0.39 is 144 Å². The van der Waals surface area contributed by atoms with Gasteiger partial charge in [-0.1, -0.05) is 30.3 Å². The molecule has 0 aliphatic carbocycles. The van der Waals surface area contributed by atoms with E-state index in [0.717, 1.165) is 6.54 Å². The monoisotopic (exact) mass is 863 g/mol. The van der Waals surface area contributed by atoms with Crippen molar-refractivity contribution in [3.63, 3.8) is 0 Å². The molecule has 0 amide bonds. The zero-order valence-corrected chi connectivity index (χ0v) is 28.5. The van der Waals surface area contributed by atoms with E-state index in [9.17, 15) is 52.7 Å². The van der Waals surface area contributed by atoms with E-state index in [1.54, 1.807) is 0 Å². The maximum absolute atomic E-state index is 15.4. The van der Waals surface area contributed by atoms with Crippen LogP contribution in [0.2, 0.25) is 0 Å². The molecule has 0 N–H and O–H groups in total. The molecular weight excluding hydrogens is 849 g/mol. The van der Waals surface area contributed by atoms with Crippen LogP contribution in [0.1, 0.15) is 11.1 Å². The van der Waals surface area contributed by atoms with Gasteiger partial charge in [0.25, 0.3) is 0 Å². The molecule has 0 atom stereocenters. The predicted octanol–water partition coefficient (Wildman–Crippen LogP) is 8.18. The number of hydrogen-bond acceptors (Lipinski definition) is 0. The summed E-state index contributed by atoms with van der Waals surface area (Å²) in [5.74, 6) is -71.4. The quantitative estimate of drug-likeness (QED) is 0.0524. The Balaban J connectivity index is 0.000000395. The Morgan fingerprint density at radius 3 is 0.780 bits per heavy atom. The third kappa shape index (κ3) is 7.00. The summed E-state index contributed by atoms with van der Waals surface area (Å²) in [5.41, 5.74) is -11.7. The number of nitrogens with zero attached hydrogens (tertiary/aromatic N) is 1. The molecule has 1 heterocycles. The van der Waals surface area contributed by atoms with E-state index in [1.165, 1.54) is 11.1 Å². The standard InChI is InChI=1S/C24BF20.C13H14N/c26-5-1(6(27)14(35)21(42)13(5)34)25(2-7(28)15(36)22(43)16(37)8(2)29,3-9(30)17(38)23(44)18(39)10(3)31)4-11(32)19(40)24(45)20(41)12(4)33;1-12-7-9-14(10-8-12)11-13-5-3-2-4-6-13/h;2-10H,11H2,1H3/q-1;+1. The molecule has 6 aromatic rings. The molecule has 0 spiro atoms. The number of hydrogen-bond donors (Lipinski definition) is 0. The van der Waals surface area contributed by atoms with Crippen molar-refractivity contribution < 1.29 is 92.4 Å². The number of aromatic nitrogens is 1. The highest BCUT2D eigenvalue weighted by Gasteiger charge is 2.52. The second kappa shape index (κ2) is 16.3. The largest absolute Gasteiger partial charge is 0.207 e. The average Bonchev–Trinajstić information content (AvgIpc) is 3.22. The highest BCUT2D eigenvalue weighted by molar-refractivity contribution is 7.20. The maximum atomic E-state index is 15.4. The number of pyridine rings is 1. The van der Waals surface area contributed by atoms with Crippen LogP contribution in [-0.2, 0) is 6.54 Å². The minimum atomic E-state index is -7.22. The van der Waals surface area contributed by atoms with Crippen molar-refractivity contribution in [2.45, 2.75) is 13.5 Å². The first-order valence-corrected chi connectivity index (χ1v) is 15.8. The van der Waals surface area contributed by atoms with Crippen LogP contribution >= 0.6 is 0 Å². The molecule has 59 heavy (non-hydrogen) atoms. The van der Waals surface area contributed by atoms with Crippen molar-refractivity contribution in [2.24, 2.45) is 0 Å². The molecule has 1 aromatic heterocycles. The van der Waals surface area contributed by atoms with E-state index in [1.807, 2.05) is 6.07 Å². The molecule has 0 radical (unpaired) electrons. The summed E-state index contributed by atoms with van der Waals surface area (Å²) >= 11 is 0. The van der Waals surface area contributed by atoms with E-state index in [-0.39, 0.29) is 0 Å². The Hall–Kier alpha value is -6.09. The normalized spacial score (nSPS) is 11.5. The summed E-state index contributed by atoms with van der Waals surface area (Å²) in [4.78, 5) is 0. The fourth-order valence-corrected chi connectivity index (χ4v) is 6.31. The molecule has 0 aliphatic heterocycles. The first-order valence-electron chi connectivity index (χ1n) is 15.8. The second-order valence-corrected chi connectivity index (χ2v) is 12.3. The Kier molecular flexibility index (Phi) is 12.1. The van der Waals surface area contributed by atoms with E-state index in [2.05, 4.69) is 60.3 Å². The van der Waals surface area contributed by atoms with Crippen molar-refractivity contribution in [3.8, 4) is 0 Å². The summed E-state index contributed by atoms with van der Waals surface area (Å²) in [5, 5.41) is 0. The zero-order chi connectivity index (χ0) is 44.2. The van der Waals surface area contributed by atoms with Crippen LogP contribution in [0.25, 0.3) is 0 Å². The Labute approximate surface area is 316 Å². The van der Waals surface area contributed by atoms with Crippen molar-refractivity contribution in [3.05, 3.63) is 182 Å². The lowest BCUT2D eigenvalue weighted by Crippen LogP contribution is -2.81. The molecule has 0 aliphatic rings. The third-order valence-corrected chi connectivity index (χ3v) is 8.97. The molecule has 22 heteroatoms. The van der Waals surface area contributed by atoms with Gasteiger partial charge in [-0.3, -0.25) is 0 Å². The summed E-state index contributed by atoms with van der Waals surface area (Å²) in [6.45, 7) is 3.05. The van der Waals surface area contributed by atoms with Gasteiger partial charge < -0.3 is 0 Å². The predicted molar refractivity (Wildman–Crippen MR) is 166 cm³/mol. The van der Waals surface area contributed by atoms with Gasteiger partial charge in [0.1, 0.15) is 52.7 Å². The number of rotatable bonds is 6. The Morgan fingerprint density at radius 2 is 0.542 bits per heavy atom. The number of halogens is 20. The van der Waals surface area contributed by atoms with Gasteiger partial charge in [0.05, 0.1) is 0 Å². The lowest BCUT2D eigenvalue weighted by Gasteiger charge is -2.44. The van der Waals surface area contributed by atoms with Crippen LogP contribution in [-0.4, -0.2) is 6.15 Å². The van der Waals surface area contributed by atoms with Crippen LogP contribution in [0.5, 0.6) is 0 Å². The smallest absolute Gasteiger partial charge is 0.200 e. The fourth-order valence-electron chi connectivity index (χ4n) is 6.31. The van der Waals surface area contributed by atoms with Crippen LogP contribution in [0.3, 0.4) is 0 Å². The number of benzene rings is 5. The zero-order valence-electron chi connectivity index (χ0n) is 28.5. The minimum Gasteiger partial charge on any atom is -0.207 e. The summed E-state index contributed by atoms with van der Waals surface area (Å²) in [7, 11) is 0. The van der Waals surface area contributed by atoms with Crippen molar-refractivity contribution in [1.82, 2.24) is 0 Å². The van der Waals surface area contributed by atoms with Crippen molar-refractivity contribution >= 4 is 28.0 Å².